The van der Waals surface area contributed by atoms with Crippen molar-refractivity contribution in [1.82, 2.24) is 19.8 Å². The van der Waals surface area contributed by atoms with Gasteiger partial charge in [0.15, 0.2) is 5.16 Å². The predicted octanol–water partition coefficient (Wildman–Crippen LogP) is 3.13. The molecular formula is C19H23ClN4O3S. The van der Waals surface area contributed by atoms with Crippen molar-refractivity contribution in [2.24, 2.45) is 5.92 Å². The molecule has 9 heteroatoms. The number of hydrogen-bond donors (Lipinski definition) is 1. The second-order valence-corrected chi connectivity index (χ2v) is 8.60. The number of thioether (sulfide) groups is 1. The number of rotatable bonds is 8. The maximum absolute atomic E-state index is 13.0. The summed E-state index contributed by atoms with van der Waals surface area (Å²) in [5, 5.41) is 4.23. The van der Waals surface area contributed by atoms with Gasteiger partial charge in [-0.1, -0.05) is 37.2 Å². The Morgan fingerprint density at radius 1 is 1.25 bits per heavy atom. The van der Waals surface area contributed by atoms with Crippen LogP contribution < -0.4 is 10.9 Å². The van der Waals surface area contributed by atoms with Crippen molar-refractivity contribution in [2.45, 2.75) is 38.4 Å². The Kier molecular flexibility index (Phi) is 6.61. The van der Waals surface area contributed by atoms with Crippen LogP contribution in [0.25, 0.3) is 10.9 Å². The van der Waals surface area contributed by atoms with E-state index in [1.165, 1.54) is 16.7 Å². The van der Waals surface area contributed by atoms with Crippen molar-refractivity contribution in [2.75, 3.05) is 18.8 Å². The molecular weight excluding hydrogens is 400 g/mol. The standard InChI is InChI=1S/C19H23ClN4O3S/c1-12(2)6-8-24-17(26)14-5-4-13(20)10-15(14)22-19(24)28-9-3-7-23-16(25)11-21-18(23)27/h4-5,10,12H,3,6-9,11H2,1-2H3,(H,21,27). The number of amides is 3. The monoisotopic (exact) mass is 422 g/mol. The van der Waals surface area contributed by atoms with Crippen LogP contribution in [0.3, 0.4) is 0 Å². The molecule has 3 amide bonds. The lowest BCUT2D eigenvalue weighted by Gasteiger charge is -2.15. The van der Waals surface area contributed by atoms with Gasteiger partial charge >= 0.3 is 6.03 Å². The number of nitrogens with zero attached hydrogens (tertiary/aromatic N) is 3. The van der Waals surface area contributed by atoms with Crippen LogP contribution >= 0.6 is 23.4 Å². The van der Waals surface area contributed by atoms with Crippen molar-refractivity contribution in [3.8, 4) is 0 Å². The molecule has 1 fully saturated rings. The summed E-state index contributed by atoms with van der Waals surface area (Å²) in [6.45, 7) is 5.24. The van der Waals surface area contributed by atoms with Gasteiger partial charge in [-0.05, 0) is 37.0 Å². The Morgan fingerprint density at radius 2 is 2.04 bits per heavy atom. The normalized spacial score (nSPS) is 14.4. The van der Waals surface area contributed by atoms with Gasteiger partial charge in [-0.3, -0.25) is 19.1 Å². The largest absolute Gasteiger partial charge is 0.329 e. The van der Waals surface area contributed by atoms with E-state index in [0.717, 1.165) is 6.42 Å². The number of aromatic nitrogens is 2. The van der Waals surface area contributed by atoms with E-state index in [0.29, 0.717) is 52.3 Å². The fraction of sp³-hybridized carbons (Fsp3) is 0.474. The number of fused-ring (bicyclic) bond motifs is 1. The minimum absolute atomic E-state index is 0.0632. The van der Waals surface area contributed by atoms with E-state index < -0.39 is 0 Å². The topological polar surface area (TPSA) is 84.3 Å². The van der Waals surface area contributed by atoms with Gasteiger partial charge in [0, 0.05) is 23.9 Å². The molecule has 1 saturated heterocycles. The van der Waals surface area contributed by atoms with Gasteiger partial charge in [-0.25, -0.2) is 9.78 Å². The molecule has 1 aromatic heterocycles. The number of carbonyl (C=O) groups is 2. The lowest BCUT2D eigenvalue weighted by atomic mass is 10.1. The molecule has 3 rings (SSSR count). The van der Waals surface area contributed by atoms with Crippen molar-refractivity contribution in [3.05, 3.63) is 33.6 Å². The third kappa shape index (κ3) is 4.67. The molecule has 0 bridgehead atoms. The first-order valence-corrected chi connectivity index (χ1v) is 10.6. The molecule has 0 unspecified atom stereocenters. The molecule has 1 N–H and O–H groups in total. The Labute approximate surface area is 172 Å². The van der Waals surface area contributed by atoms with Gasteiger partial charge in [0.05, 0.1) is 17.4 Å². The zero-order valence-corrected chi connectivity index (χ0v) is 17.5. The van der Waals surface area contributed by atoms with Crippen LogP contribution in [0.5, 0.6) is 0 Å². The van der Waals surface area contributed by atoms with Crippen molar-refractivity contribution in [1.29, 1.82) is 0 Å². The highest BCUT2D eigenvalue weighted by Crippen LogP contribution is 2.22. The van der Waals surface area contributed by atoms with E-state index in [-0.39, 0.29) is 24.0 Å². The van der Waals surface area contributed by atoms with E-state index in [1.807, 2.05) is 0 Å². The van der Waals surface area contributed by atoms with Crippen LogP contribution in [-0.2, 0) is 11.3 Å². The third-order valence-corrected chi connectivity index (χ3v) is 5.80. The van der Waals surface area contributed by atoms with E-state index in [9.17, 15) is 14.4 Å². The minimum Gasteiger partial charge on any atom is -0.329 e. The summed E-state index contributed by atoms with van der Waals surface area (Å²) in [6.07, 6.45) is 1.49. The fourth-order valence-electron chi connectivity index (χ4n) is 2.94. The quantitative estimate of drug-likeness (QED) is 0.306. The molecule has 28 heavy (non-hydrogen) atoms. The molecule has 0 aliphatic carbocycles. The predicted molar refractivity (Wildman–Crippen MR) is 111 cm³/mol. The second kappa shape index (κ2) is 8.96. The SMILES string of the molecule is CC(C)CCn1c(SCCCN2C(=O)CNC2=O)nc2cc(Cl)ccc2c1=O. The summed E-state index contributed by atoms with van der Waals surface area (Å²) >= 11 is 7.52. The average molecular weight is 423 g/mol. The molecule has 0 saturated carbocycles. The zero-order valence-electron chi connectivity index (χ0n) is 15.9. The number of nitrogens with one attached hydrogen (secondary N) is 1. The molecule has 0 radical (unpaired) electrons. The van der Waals surface area contributed by atoms with Crippen molar-refractivity contribution < 1.29 is 9.59 Å². The van der Waals surface area contributed by atoms with Crippen molar-refractivity contribution >= 4 is 46.2 Å². The highest BCUT2D eigenvalue weighted by Gasteiger charge is 2.27. The molecule has 0 atom stereocenters. The number of benzene rings is 1. The number of imide groups is 1. The lowest BCUT2D eigenvalue weighted by Crippen LogP contribution is -2.32. The Morgan fingerprint density at radius 3 is 2.71 bits per heavy atom. The molecule has 1 aliphatic heterocycles. The molecule has 2 aromatic rings. The lowest BCUT2D eigenvalue weighted by molar-refractivity contribution is -0.124. The van der Waals surface area contributed by atoms with Gasteiger partial charge in [0.1, 0.15) is 0 Å². The first-order chi connectivity index (χ1) is 13.4. The minimum atomic E-state index is -0.345. The van der Waals surface area contributed by atoms with Crippen LogP contribution in [0.1, 0.15) is 26.7 Å². The molecule has 7 nitrogen and oxygen atoms in total. The maximum atomic E-state index is 13.0. The first kappa shape index (κ1) is 20.7. The van der Waals surface area contributed by atoms with Gasteiger partial charge in [0.2, 0.25) is 5.91 Å². The van der Waals surface area contributed by atoms with Crippen molar-refractivity contribution in [3.63, 3.8) is 0 Å². The van der Waals surface area contributed by atoms with E-state index in [2.05, 4.69) is 24.1 Å². The summed E-state index contributed by atoms with van der Waals surface area (Å²) < 4.78 is 1.72. The van der Waals surface area contributed by atoms with Crippen LogP contribution in [-0.4, -0.2) is 45.2 Å². The molecule has 150 valence electrons. The van der Waals surface area contributed by atoms with Crippen LogP contribution in [0.4, 0.5) is 4.79 Å². The van der Waals surface area contributed by atoms with Gasteiger partial charge in [-0.2, -0.15) is 0 Å². The highest BCUT2D eigenvalue weighted by atomic mass is 35.5. The summed E-state index contributed by atoms with van der Waals surface area (Å²) in [5.74, 6) is 0.893. The van der Waals surface area contributed by atoms with Gasteiger partial charge in [0.25, 0.3) is 5.56 Å². The molecule has 2 heterocycles. The van der Waals surface area contributed by atoms with E-state index in [4.69, 9.17) is 11.6 Å². The van der Waals surface area contributed by atoms with E-state index >= 15 is 0 Å². The van der Waals surface area contributed by atoms with Crippen LogP contribution in [0.2, 0.25) is 5.02 Å². The molecule has 0 spiro atoms. The highest BCUT2D eigenvalue weighted by molar-refractivity contribution is 7.99. The molecule has 1 aliphatic rings. The first-order valence-electron chi connectivity index (χ1n) is 9.28. The zero-order chi connectivity index (χ0) is 20.3. The van der Waals surface area contributed by atoms with Crippen LogP contribution in [0.15, 0.2) is 28.2 Å². The summed E-state index contributed by atoms with van der Waals surface area (Å²) in [5.41, 5.74) is 0.508. The summed E-state index contributed by atoms with van der Waals surface area (Å²) in [7, 11) is 0. The summed E-state index contributed by atoms with van der Waals surface area (Å²) in [6, 6.07) is 4.76. The number of urea groups is 1. The number of hydrogen-bond acceptors (Lipinski definition) is 5. The second-order valence-electron chi connectivity index (χ2n) is 7.10. The Balaban J connectivity index is 1.77. The fourth-order valence-corrected chi connectivity index (χ4v) is 4.05. The van der Waals surface area contributed by atoms with Gasteiger partial charge < -0.3 is 5.32 Å². The average Bonchev–Trinajstić information content (AvgIpc) is 2.96. The Hall–Kier alpha value is -2.06. The smallest absolute Gasteiger partial charge is 0.324 e. The summed E-state index contributed by atoms with van der Waals surface area (Å²) in [4.78, 5) is 42.1. The third-order valence-electron chi connectivity index (χ3n) is 4.51. The van der Waals surface area contributed by atoms with Gasteiger partial charge in [-0.15, -0.1) is 0 Å². The maximum Gasteiger partial charge on any atom is 0.324 e. The molecule has 1 aromatic carbocycles. The number of carbonyl (C=O) groups excluding carboxylic acids is 2. The number of halogens is 1. The Bertz CT molecular complexity index is 944. The van der Waals surface area contributed by atoms with Crippen LogP contribution in [0, 0.1) is 5.92 Å². The van der Waals surface area contributed by atoms with E-state index in [1.54, 1.807) is 22.8 Å².